The Balaban J connectivity index is 2.33. The molecule has 6 heteroatoms. The summed E-state index contributed by atoms with van der Waals surface area (Å²) in [5.74, 6) is -0.0693. The summed E-state index contributed by atoms with van der Waals surface area (Å²) < 4.78 is 7.06. The Labute approximate surface area is 107 Å². The highest BCUT2D eigenvalue weighted by atomic mass is 16.5. The van der Waals surface area contributed by atoms with Crippen LogP contribution in [-0.4, -0.2) is 45.9 Å². The minimum absolute atomic E-state index is 0.0693. The zero-order valence-electron chi connectivity index (χ0n) is 11.1. The Morgan fingerprint density at radius 3 is 2.94 bits per heavy atom. The molecule has 0 spiro atoms. The molecule has 18 heavy (non-hydrogen) atoms. The Morgan fingerprint density at radius 1 is 1.61 bits per heavy atom. The largest absolute Gasteiger partial charge is 0.396 e. The number of rotatable bonds is 2. The van der Waals surface area contributed by atoms with Crippen molar-refractivity contribution in [2.24, 2.45) is 0 Å². The fourth-order valence-corrected chi connectivity index (χ4v) is 2.24. The second-order valence-electron chi connectivity index (χ2n) is 5.09. The third-order valence-electron chi connectivity index (χ3n) is 3.26. The van der Waals surface area contributed by atoms with Crippen LogP contribution < -0.4 is 5.73 Å². The van der Waals surface area contributed by atoms with E-state index in [2.05, 4.69) is 5.10 Å². The number of nitrogens with two attached hydrogens (primary N) is 1. The van der Waals surface area contributed by atoms with Crippen LogP contribution in [0.3, 0.4) is 0 Å². The molecule has 2 N–H and O–H groups in total. The number of aromatic nitrogens is 2. The summed E-state index contributed by atoms with van der Waals surface area (Å²) in [4.78, 5) is 14.4. The van der Waals surface area contributed by atoms with Gasteiger partial charge in [-0.2, -0.15) is 5.10 Å². The van der Waals surface area contributed by atoms with Crippen molar-refractivity contribution in [3.05, 3.63) is 11.9 Å². The van der Waals surface area contributed by atoms with E-state index in [4.69, 9.17) is 10.5 Å². The molecule has 0 saturated carbocycles. The number of hydrogen-bond acceptors (Lipinski definition) is 4. The molecule has 0 atom stereocenters. The molecule has 1 fully saturated rings. The van der Waals surface area contributed by atoms with Gasteiger partial charge in [-0.3, -0.25) is 9.48 Å². The molecule has 1 aromatic rings. The Morgan fingerprint density at radius 2 is 2.33 bits per heavy atom. The maximum atomic E-state index is 12.6. The predicted octanol–water partition coefficient (Wildman–Crippen LogP) is 0.736. The van der Waals surface area contributed by atoms with Gasteiger partial charge in [0.15, 0.2) is 0 Å². The number of anilines is 1. The van der Waals surface area contributed by atoms with Crippen LogP contribution in [0.25, 0.3) is 0 Å². The molecule has 0 aromatic carbocycles. The molecule has 0 aliphatic carbocycles. The van der Waals surface area contributed by atoms with Crippen molar-refractivity contribution >= 4 is 11.6 Å². The van der Waals surface area contributed by atoms with Crippen molar-refractivity contribution < 1.29 is 9.53 Å². The highest BCUT2D eigenvalue weighted by Crippen LogP contribution is 2.23. The normalized spacial score (nSPS) is 18.9. The van der Waals surface area contributed by atoms with E-state index in [1.54, 1.807) is 4.68 Å². The number of nitrogens with zero attached hydrogens (tertiary/aromatic N) is 3. The molecule has 2 heterocycles. The number of amides is 1. The second kappa shape index (κ2) is 4.61. The fourth-order valence-electron chi connectivity index (χ4n) is 2.24. The first-order chi connectivity index (χ1) is 8.47. The zero-order valence-corrected chi connectivity index (χ0v) is 11.1. The summed E-state index contributed by atoms with van der Waals surface area (Å²) in [5, 5.41) is 4.11. The van der Waals surface area contributed by atoms with E-state index in [1.807, 2.05) is 25.7 Å². The zero-order chi connectivity index (χ0) is 13.3. The number of nitrogen functional groups attached to an aromatic ring is 1. The molecule has 1 amide bonds. The summed E-state index contributed by atoms with van der Waals surface area (Å²) in [6.07, 6.45) is 1.53. The van der Waals surface area contributed by atoms with Gasteiger partial charge in [0.2, 0.25) is 0 Å². The second-order valence-corrected chi connectivity index (χ2v) is 5.09. The van der Waals surface area contributed by atoms with E-state index < -0.39 is 0 Å². The molecule has 100 valence electrons. The van der Waals surface area contributed by atoms with E-state index in [9.17, 15) is 4.79 Å². The molecule has 1 aromatic heterocycles. The molecular formula is C12H20N4O2. The topological polar surface area (TPSA) is 73.4 Å². The first-order valence-electron chi connectivity index (χ1n) is 6.18. The molecule has 0 bridgehead atoms. The van der Waals surface area contributed by atoms with Crippen molar-refractivity contribution in [2.45, 2.75) is 32.9 Å². The lowest BCUT2D eigenvalue weighted by molar-refractivity contribution is -0.0375. The molecular weight excluding hydrogens is 232 g/mol. The Bertz CT molecular complexity index is 453. The van der Waals surface area contributed by atoms with Crippen LogP contribution >= 0.6 is 0 Å². The van der Waals surface area contributed by atoms with E-state index in [0.29, 0.717) is 37.7 Å². The molecule has 6 nitrogen and oxygen atoms in total. The first-order valence-corrected chi connectivity index (χ1v) is 6.18. The molecule has 1 aliphatic heterocycles. The van der Waals surface area contributed by atoms with Gasteiger partial charge < -0.3 is 15.4 Å². The molecule has 1 saturated heterocycles. The lowest BCUT2D eigenvalue weighted by Crippen LogP contribution is -2.55. The van der Waals surface area contributed by atoms with Gasteiger partial charge in [-0.1, -0.05) is 0 Å². The average molecular weight is 252 g/mol. The van der Waals surface area contributed by atoms with Crippen LogP contribution in [0.5, 0.6) is 0 Å². The van der Waals surface area contributed by atoms with Gasteiger partial charge >= 0.3 is 0 Å². The summed E-state index contributed by atoms with van der Waals surface area (Å²) >= 11 is 0. The van der Waals surface area contributed by atoms with Crippen LogP contribution in [0.4, 0.5) is 5.69 Å². The number of carbonyl (C=O) groups is 1. The highest BCUT2D eigenvalue weighted by molar-refractivity contribution is 5.97. The van der Waals surface area contributed by atoms with E-state index in [1.165, 1.54) is 6.20 Å². The van der Waals surface area contributed by atoms with Gasteiger partial charge in [-0.15, -0.1) is 0 Å². The number of hydrogen-bond donors (Lipinski definition) is 1. The minimum Gasteiger partial charge on any atom is -0.396 e. The van der Waals surface area contributed by atoms with Crippen LogP contribution in [0.1, 0.15) is 31.3 Å². The van der Waals surface area contributed by atoms with Crippen molar-refractivity contribution in [3.63, 3.8) is 0 Å². The summed E-state index contributed by atoms with van der Waals surface area (Å²) in [7, 11) is 0. The van der Waals surface area contributed by atoms with E-state index >= 15 is 0 Å². The Kier molecular flexibility index (Phi) is 3.30. The van der Waals surface area contributed by atoms with Gasteiger partial charge in [-0.05, 0) is 20.8 Å². The van der Waals surface area contributed by atoms with Crippen LogP contribution in [0.15, 0.2) is 6.20 Å². The first kappa shape index (κ1) is 12.9. The summed E-state index contributed by atoms with van der Waals surface area (Å²) in [6, 6.07) is 0. The van der Waals surface area contributed by atoms with Crippen LogP contribution in [-0.2, 0) is 11.3 Å². The quantitative estimate of drug-likeness (QED) is 0.842. The van der Waals surface area contributed by atoms with Crippen molar-refractivity contribution in [1.29, 1.82) is 0 Å². The van der Waals surface area contributed by atoms with Crippen molar-refractivity contribution in [1.82, 2.24) is 14.7 Å². The third kappa shape index (κ3) is 2.08. The summed E-state index contributed by atoms with van der Waals surface area (Å²) in [6.45, 7) is 8.24. The monoisotopic (exact) mass is 252 g/mol. The standard InChI is InChI=1S/C12H20N4O2/c1-4-16-10(9(13)7-14-16)11(17)15-5-6-18-8-12(15,2)3/h7H,4-6,8,13H2,1-3H3. The van der Waals surface area contributed by atoms with Crippen molar-refractivity contribution in [3.8, 4) is 0 Å². The SMILES string of the molecule is CCn1ncc(N)c1C(=O)N1CCOCC1(C)C. The van der Waals surface area contributed by atoms with Crippen LogP contribution in [0.2, 0.25) is 0 Å². The maximum Gasteiger partial charge on any atom is 0.274 e. The Hall–Kier alpha value is -1.56. The van der Waals surface area contributed by atoms with Gasteiger partial charge in [-0.25, -0.2) is 0 Å². The lowest BCUT2D eigenvalue weighted by Gasteiger charge is -2.42. The summed E-state index contributed by atoms with van der Waals surface area (Å²) in [5.41, 5.74) is 6.45. The smallest absolute Gasteiger partial charge is 0.274 e. The number of ether oxygens (including phenoxy) is 1. The van der Waals surface area contributed by atoms with Gasteiger partial charge in [0.05, 0.1) is 30.6 Å². The molecule has 2 rings (SSSR count). The number of aryl methyl sites for hydroxylation is 1. The maximum absolute atomic E-state index is 12.6. The number of carbonyl (C=O) groups excluding carboxylic acids is 1. The van der Waals surface area contributed by atoms with E-state index in [-0.39, 0.29) is 11.4 Å². The molecule has 0 radical (unpaired) electrons. The van der Waals surface area contributed by atoms with Crippen LogP contribution in [0, 0.1) is 0 Å². The van der Waals surface area contributed by atoms with Crippen molar-refractivity contribution in [2.75, 3.05) is 25.5 Å². The molecule has 0 unspecified atom stereocenters. The van der Waals surface area contributed by atoms with Gasteiger partial charge in [0.25, 0.3) is 5.91 Å². The number of morpholine rings is 1. The third-order valence-corrected chi connectivity index (χ3v) is 3.26. The minimum atomic E-state index is -0.315. The lowest BCUT2D eigenvalue weighted by atomic mass is 10.0. The highest BCUT2D eigenvalue weighted by Gasteiger charge is 2.36. The predicted molar refractivity (Wildman–Crippen MR) is 68.2 cm³/mol. The van der Waals surface area contributed by atoms with Gasteiger partial charge in [0.1, 0.15) is 5.69 Å². The van der Waals surface area contributed by atoms with E-state index in [0.717, 1.165) is 0 Å². The van der Waals surface area contributed by atoms with Gasteiger partial charge in [0, 0.05) is 13.1 Å². The fraction of sp³-hybridized carbons (Fsp3) is 0.667. The average Bonchev–Trinajstić information content (AvgIpc) is 2.69. The molecule has 1 aliphatic rings.